The molecular formula is C20H26O. The number of phenolic OH excluding ortho intramolecular Hbond substituents is 1. The summed E-state index contributed by atoms with van der Waals surface area (Å²) in [7, 11) is 0. The normalized spacial score (nSPS) is 11.9. The molecular weight excluding hydrogens is 256 g/mol. The molecule has 0 aromatic heterocycles. The van der Waals surface area contributed by atoms with E-state index in [4.69, 9.17) is 0 Å². The molecule has 0 saturated heterocycles. The van der Waals surface area contributed by atoms with Crippen molar-refractivity contribution < 1.29 is 5.11 Å². The van der Waals surface area contributed by atoms with Crippen LogP contribution in [0.3, 0.4) is 0 Å². The average molecular weight is 282 g/mol. The molecule has 2 aromatic rings. The molecule has 0 heterocycles. The van der Waals surface area contributed by atoms with E-state index in [0.29, 0.717) is 11.7 Å². The number of phenols is 1. The van der Waals surface area contributed by atoms with Crippen LogP contribution >= 0.6 is 0 Å². The number of benzene rings is 2. The number of rotatable bonds is 5. The lowest BCUT2D eigenvalue weighted by atomic mass is 9.79. The predicted octanol–water partition coefficient (Wildman–Crippen LogP) is 5.43. The fourth-order valence-electron chi connectivity index (χ4n) is 2.58. The first-order chi connectivity index (χ1) is 9.88. The van der Waals surface area contributed by atoms with Gasteiger partial charge in [0.05, 0.1) is 0 Å². The highest BCUT2D eigenvalue weighted by Crippen LogP contribution is 2.30. The Kier molecular flexibility index (Phi) is 4.72. The Morgan fingerprint density at radius 3 is 2.00 bits per heavy atom. The van der Waals surface area contributed by atoms with E-state index in [0.717, 1.165) is 12.8 Å². The summed E-state index contributed by atoms with van der Waals surface area (Å²) in [6.45, 7) is 8.98. The van der Waals surface area contributed by atoms with Crippen molar-refractivity contribution in [2.24, 2.45) is 0 Å². The first kappa shape index (κ1) is 15.6. The Bertz CT molecular complexity index is 562. The maximum Gasteiger partial charge on any atom is 0.115 e. The van der Waals surface area contributed by atoms with Crippen LogP contribution in [-0.4, -0.2) is 5.11 Å². The lowest BCUT2D eigenvalue weighted by Crippen LogP contribution is -2.18. The molecule has 0 amide bonds. The standard InChI is InChI=1S/C20H26O/c1-15(2)17-7-5-16(6-8-17)13-14-20(3,4)18-9-11-19(21)12-10-18/h5-12,15,21H,13-14H2,1-4H3. The van der Waals surface area contributed by atoms with Gasteiger partial charge in [0.2, 0.25) is 0 Å². The zero-order chi connectivity index (χ0) is 15.5. The molecule has 112 valence electrons. The van der Waals surface area contributed by atoms with E-state index in [1.807, 2.05) is 12.1 Å². The highest BCUT2D eigenvalue weighted by Gasteiger charge is 2.20. The van der Waals surface area contributed by atoms with Gasteiger partial charge in [-0.05, 0) is 53.0 Å². The highest BCUT2D eigenvalue weighted by atomic mass is 16.3. The molecule has 1 nitrogen and oxygen atoms in total. The molecule has 0 aliphatic carbocycles. The van der Waals surface area contributed by atoms with E-state index >= 15 is 0 Å². The molecule has 0 aliphatic heterocycles. The van der Waals surface area contributed by atoms with Crippen molar-refractivity contribution in [3.05, 3.63) is 65.2 Å². The molecule has 21 heavy (non-hydrogen) atoms. The van der Waals surface area contributed by atoms with Crippen LogP contribution in [0.4, 0.5) is 0 Å². The van der Waals surface area contributed by atoms with Gasteiger partial charge in [0.1, 0.15) is 5.75 Å². The molecule has 0 atom stereocenters. The van der Waals surface area contributed by atoms with Crippen molar-refractivity contribution in [3.63, 3.8) is 0 Å². The van der Waals surface area contributed by atoms with Crippen molar-refractivity contribution in [1.82, 2.24) is 0 Å². The summed E-state index contributed by atoms with van der Waals surface area (Å²) < 4.78 is 0. The molecule has 0 spiro atoms. The summed E-state index contributed by atoms with van der Waals surface area (Å²) in [5.74, 6) is 0.923. The van der Waals surface area contributed by atoms with Crippen LogP contribution in [0.1, 0.15) is 56.7 Å². The molecule has 0 radical (unpaired) electrons. The third kappa shape index (κ3) is 4.10. The van der Waals surface area contributed by atoms with Gasteiger partial charge < -0.3 is 5.11 Å². The van der Waals surface area contributed by atoms with Gasteiger partial charge in [0, 0.05) is 0 Å². The van der Waals surface area contributed by atoms with Gasteiger partial charge in [-0.1, -0.05) is 64.1 Å². The van der Waals surface area contributed by atoms with Crippen LogP contribution in [0.15, 0.2) is 48.5 Å². The van der Waals surface area contributed by atoms with Crippen molar-refractivity contribution in [3.8, 4) is 5.75 Å². The SMILES string of the molecule is CC(C)c1ccc(CCC(C)(C)c2ccc(O)cc2)cc1. The Labute approximate surface area is 128 Å². The molecule has 0 unspecified atom stereocenters. The fraction of sp³-hybridized carbons (Fsp3) is 0.400. The smallest absolute Gasteiger partial charge is 0.115 e. The third-order valence-corrected chi connectivity index (χ3v) is 4.33. The van der Waals surface area contributed by atoms with Crippen molar-refractivity contribution in [2.45, 2.75) is 51.9 Å². The average Bonchev–Trinajstić information content (AvgIpc) is 2.46. The van der Waals surface area contributed by atoms with E-state index in [2.05, 4.69) is 52.0 Å². The highest BCUT2D eigenvalue weighted by molar-refractivity contribution is 5.31. The zero-order valence-electron chi connectivity index (χ0n) is 13.6. The number of hydrogen-bond acceptors (Lipinski definition) is 1. The Hall–Kier alpha value is -1.76. The molecule has 0 bridgehead atoms. The quantitative estimate of drug-likeness (QED) is 0.775. The van der Waals surface area contributed by atoms with Crippen LogP contribution in [0.2, 0.25) is 0 Å². The van der Waals surface area contributed by atoms with Crippen LogP contribution < -0.4 is 0 Å². The first-order valence-electron chi connectivity index (χ1n) is 7.77. The molecule has 0 aliphatic rings. The lowest BCUT2D eigenvalue weighted by Gasteiger charge is -2.25. The van der Waals surface area contributed by atoms with Crippen molar-refractivity contribution in [2.75, 3.05) is 0 Å². The van der Waals surface area contributed by atoms with Gasteiger partial charge in [-0.2, -0.15) is 0 Å². The largest absolute Gasteiger partial charge is 0.508 e. The second kappa shape index (κ2) is 6.34. The summed E-state index contributed by atoms with van der Waals surface area (Å²) in [5.41, 5.74) is 4.19. The van der Waals surface area contributed by atoms with Crippen molar-refractivity contribution >= 4 is 0 Å². The number of aryl methyl sites for hydroxylation is 1. The van der Waals surface area contributed by atoms with E-state index in [1.54, 1.807) is 12.1 Å². The van der Waals surface area contributed by atoms with Gasteiger partial charge in [0.25, 0.3) is 0 Å². The lowest BCUT2D eigenvalue weighted by molar-refractivity contribution is 0.466. The van der Waals surface area contributed by atoms with Crippen molar-refractivity contribution in [1.29, 1.82) is 0 Å². The van der Waals surface area contributed by atoms with E-state index in [9.17, 15) is 5.11 Å². The summed E-state index contributed by atoms with van der Waals surface area (Å²) >= 11 is 0. The molecule has 1 N–H and O–H groups in total. The predicted molar refractivity (Wildman–Crippen MR) is 90.0 cm³/mol. The maximum atomic E-state index is 9.40. The van der Waals surface area contributed by atoms with Gasteiger partial charge in [-0.25, -0.2) is 0 Å². The van der Waals surface area contributed by atoms with Gasteiger partial charge in [-0.15, -0.1) is 0 Å². The van der Waals surface area contributed by atoms with Gasteiger partial charge in [-0.3, -0.25) is 0 Å². The molecule has 0 saturated carbocycles. The number of aromatic hydroxyl groups is 1. The summed E-state index contributed by atoms with van der Waals surface area (Å²) in [6, 6.07) is 16.6. The topological polar surface area (TPSA) is 20.2 Å². The van der Waals surface area contributed by atoms with E-state index in [-0.39, 0.29) is 5.41 Å². The monoisotopic (exact) mass is 282 g/mol. The number of hydrogen-bond donors (Lipinski definition) is 1. The minimum atomic E-state index is 0.115. The van der Waals surface area contributed by atoms with E-state index in [1.165, 1.54) is 16.7 Å². The van der Waals surface area contributed by atoms with Crippen LogP contribution in [-0.2, 0) is 11.8 Å². The molecule has 2 rings (SSSR count). The Balaban J connectivity index is 2.02. The zero-order valence-corrected chi connectivity index (χ0v) is 13.6. The second-order valence-corrected chi connectivity index (χ2v) is 6.83. The maximum absolute atomic E-state index is 9.40. The second-order valence-electron chi connectivity index (χ2n) is 6.83. The third-order valence-electron chi connectivity index (χ3n) is 4.33. The molecule has 2 aromatic carbocycles. The minimum Gasteiger partial charge on any atom is -0.508 e. The van der Waals surface area contributed by atoms with Gasteiger partial charge in [0.15, 0.2) is 0 Å². The first-order valence-corrected chi connectivity index (χ1v) is 7.77. The van der Waals surface area contributed by atoms with E-state index < -0.39 is 0 Å². The fourth-order valence-corrected chi connectivity index (χ4v) is 2.58. The summed E-state index contributed by atoms with van der Waals surface area (Å²) in [6.07, 6.45) is 2.17. The van der Waals surface area contributed by atoms with Crippen LogP contribution in [0.25, 0.3) is 0 Å². The van der Waals surface area contributed by atoms with Crippen LogP contribution in [0.5, 0.6) is 5.75 Å². The van der Waals surface area contributed by atoms with Gasteiger partial charge >= 0.3 is 0 Å². The minimum absolute atomic E-state index is 0.115. The molecule has 0 fully saturated rings. The Morgan fingerprint density at radius 2 is 1.48 bits per heavy atom. The van der Waals surface area contributed by atoms with Crippen LogP contribution in [0, 0.1) is 0 Å². The molecule has 1 heteroatoms. The summed E-state index contributed by atoms with van der Waals surface area (Å²) in [4.78, 5) is 0. The Morgan fingerprint density at radius 1 is 0.905 bits per heavy atom. The summed E-state index contributed by atoms with van der Waals surface area (Å²) in [5, 5.41) is 9.40.